The van der Waals surface area contributed by atoms with Gasteiger partial charge in [0, 0.05) is 6.54 Å². The molecule has 1 N–H and O–H groups in total. The zero-order valence-corrected chi connectivity index (χ0v) is 13.8. The minimum atomic E-state index is 0.694. The monoisotopic (exact) mass is 295 g/mol. The second-order valence-electron chi connectivity index (χ2n) is 5.02. The molecular formula is C17H29NO3. The van der Waals surface area contributed by atoms with Crippen LogP contribution in [0, 0.1) is 0 Å². The van der Waals surface area contributed by atoms with E-state index in [2.05, 4.69) is 19.2 Å². The fourth-order valence-electron chi connectivity index (χ4n) is 2.15. The van der Waals surface area contributed by atoms with Crippen LogP contribution < -0.4 is 19.5 Å². The molecule has 4 heteroatoms. The fraction of sp³-hybridized carbons (Fsp3) is 0.647. The van der Waals surface area contributed by atoms with Gasteiger partial charge in [0.15, 0.2) is 11.5 Å². The molecule has 0 saturated carbocycles. The average Bonchev–Trinajstić information content (AvgIpc) is 2.52. The topological polar surface area (TPSA) is 39.7 Å². The normalized spacial score (nSPS) is 10.5. The standard InChI is InChI=1S/C17H29NO3/c1-5-7-8-9-10-21-17-15(19-3)11-14(13-18-6-2)12-16(17)20-4/h11-12,18H,5-10,13H2,1-4H3. The highest BCUT2D eigenvalue weighted by Gasteiger charge is 2.14. The first kappa shape index (κ1) is 17.6. The van der Waals surface area contributed by atoms with Gasteiger partial charge in [0.05, 0.1) is 20.8 Å². The zero-order valence-electron chi connectivity index (χ0n) is 13.8. The Morgan fingerprint density at radius 2 is 1.62 bits per heavy atom. The molecule has 0 aliphatic carbocycles. The van der Waals surface area contributed by atoms with Crippen molar-refractivity contribution >= 4 is 0 Å². The largest absolute Gasteiger partial charge is 0.493 e. The van der Waals surface area contributed by atoms with E-state index in [1.54, 1.807) is 14.2 Å². The number of unbranched alkanes of at least 4 members (excludes halogenated alkanes) is 3. The van der Waals surface area contributed by atoms with Crippen molar-refractivity contribution < 1.29 is 14.2 Å². The minimum Gasteiger partial charge on any atom is -0.493 e. The molecule has 0 aromatic heterocycles. The molecule has 0 saturated heterocycles. The Hall–Kier alpha value is -1.42. The van der Waals surface area contributed by atoms with Gasteiger partial charge >= 0.3 is 0 Å². The summed E-state index contributed by atoms with van der Waals surface area (Å²) in [7, 11) is 3.32. The Morgan fingerprint density at radius 1 is 0.952 bits per heavy atom. The van der Waals surface area contributed by atoms with E-state index < -0.39 is 0 Å². The highest BCUT2D eigenvalue weighted by Crippen LogP contribution is 2.38. The summed E-state index contributed by atoms with van der Waals surface area (Å²) in [5, 5.41) is 3.30. The van der Waals surface area contributed by atoms with E-state index in [4.69, 9.17) is 14.2 Å². The molecule has 120 valence electrons. The van der Waals surface area contributed by atoms with Crippen LogP contribution in [0.3, 0.4) is 0 Å². The summed E-state index contributed by atoms with van der Waals surface area (Å²) in [5.41, 5.74) is 1.13. The van der Waals surface area contributed by atoms with Crippen molar-refractivity contribution in [1.29, 1.82) is 0 Å². The maximum absolute atomic E-state index is 5.89. The summed E-state index contributed by atoms with van der Waals surface area (Å²) in [6.07, 6.45) is 4.73. The van der Waals surface area contributed by atoms with Crippen molar-refractivity contribution in [2.24, 2.45) is 0 Å². The lowest BCUT2D eigenvalue weighted by atomic mass is 10.1. The first-order chi connectivity index (χ1) is 10.3. The summed E-state index contributed by atoms with van der Waals surface area (Å²) in [4.78, 5) is 0. The Bertz CT molecular complexity index is 382. The van der Waals surface area contributed by atoms with Crippen molar-refractivity contribution in [2.45, 2.75) is 46.1 Å². The average molecular weight is 295 g/mol. The van der Waals surface area contributed by atoms with Crippen LogP contribution in [0.5, 0.6) is 17.2 Å². The maximum Gasteiger partial charge on any atom is 0.203 e. The number of ether oxygens (including phenoxy) is 3. The van der Waals surface area contributed by atoms with Crippen molar-refractivity contribution in [2.75, 3.05) is 27.4 Å². The van der Waals surface area contributed by atoms with Gasteiger partial charge in [-0.05, 0) is 30.7 Å². The third-order valence-corrected chi connectivity index (χ3v) is 3.34. The van der Waals surface area contributed by atoms with E-state index in [9.17, 15) is 0 Å². The highest BCUT2D eigenvalue weighted by atomic mass is 16.5. The molecule has 0 amide bonds. The molecule has 0 radical (unpaired) electrons. The zero-order chi connectivity index (χ0) is 15.5. The summed E-state index contributed by atoms with van der Waals surface area (Å²) in [5.74, 6) is 2.17. The molecule has 1 aromatic carbocycles. The molecule has 0 atom stereocenters. The van der Waals surface area contributed by atoms with E-state index in [1.165, 1.54) is 19.3 Å². The molecule has 0 aliphatic rings. The lowest BCUT2D eigenvalue weighted by molar-refractivity contribution is 0.267. The van der Waals surface area contributed by atoms with Crippen molar-refractivity contribution in [3.05, 3.63) is 17.7 Å². The van der Waals surface area contributed by atoms with E-state index in [-0.39, 0.29) is 0 Å². The van der Waals surface area contributed by atoms with Gasteiger partial charge < -0.3 is 19.5 Å². The Balaban J connectivity index is 2.75. The molecule has 0 spiro atoms. The Morgan fingerprint density at radius 3 is 2.14 bits per heavy atom. The number of rotatable bonds is 11. The molecule has 21 heavy (non-hydrogen) atoms. The summed E-state index contributed by atoms with van der Waals surface area (Å²) < 4.78 is 16.8. The first-order valence-corrected chi connectivity index (χ1v) is 7.85. The Labute approximate surface area is 128 Å². The predicted molar refractivity (Wildman–Crippen MR) is 86.6 cm³/mol. The quantitative estimate of drug-likeness (QED) is 0.631. The second kappa shape index (κ2) is 10.3. The van der Waals surface area contributed by atoms with Crippen molar-refractivity contribution in [3.63, 3.8) is 0 Å². The third kappa shape index (κ3) is 5.84. The van der Waals surface area contributed by atoms with Crippen LogP contribution >= 0.6 is 0 Å². The SMILES string of the molecule is CCCCCCOc1c(OC)cc(CNCC)cc1OC. The first-order valence-electron chi connectivity index (χ1n) is 7.85. The van der Waals surface area contributed by atoms with Crippen LogP contribution in [0.25, 0.3) is 0 Å². The molecular weight excluding hydrogens is 266 g/mol. The van der Waals surface area contributed by atoms with Crippen molar-refractivity contribution in [3.8, 4) is 17.2 Å². The van der Waals surface area contributed by atoms with Crippen molar-refractivity contribution in [1.82, 2.24) is 5.32 Å². The fourth-order valence-corrected chi connectivity index (χ4v) is 2.15. The smallest absolute Gasteiger partial charge is 0.203 e. The van der Waals surface area contributed by atoms with Crippen LogP contribution in [-0.4, -0.2) is 27.4 Å². The number of benzene rings is 1. The van der Waals surface area contributed by atoms with Crippen LogP contribution in [0.4, 0.5) is 0 Å². The molecule has 0 heterocycles. The number of methoxy groups -OCH3 is 2. The molecule has 0 aliphatic heterocycles. The molecule has 0 unspecified atom stereocenters. The Kier molecular flexibility index (Phi) is 8.67. The van der Waals surface area contributed by atoms with Crippen LogP contribution in [0.15, 0.2) is 12.1 Å². The van der Waals surface area contributed by atoms with E-state index in [1.807, 2.05) is 12.1 Å². The summed E-state index contributed by atoms with van der Waals surface area (Å²) in [6, 6.07) is 4.01. The van der Waals surface area contributed by atoms with Crippen LogP contribution in [-0.2, 0) is 6.54 Å². The second-order valence-corrected chi connectivity index (χ2v) is 5.02. The van der Waals surface area contributed by atoms with Crippen LogP contribution in [0.1, 0.15) is 45.1 Å². The van der Waals surface area contributed by atoms with Gasteiger partial charge in [0.1, 0.15) is 0 Å². The summed E-state index contributed by atoms with van der Waals surface area (Å²) >= 11 is 0. The molecule has 0 fully saturated rings. The van der Waals surface area contributed by atoms with Crippen LogP contribution in [0.2, 0.25) is 0 Å². The molecule has 0 bridgehead atoms. The van der Waals surface area contributed by atoms with Gasteiger partial charge in [-0.15, -0.1) is 0 Å². The van der Waals surface area contributed by atoms with E-state index in [0.29, 0.717) is 12.4 Å². The van der Waals surface area contributed by atoms with Gasteiger partial charge in [-0.1, -0.05) is 33.1 Å². The highest BCUT2D eigenvalue weighted by molar-refractivity contribution is 5.53. The maximum atomic E-state index is 5.89. The van der Waals surface area contributed by atoms with Gasteiger partial charge in [0.25, 0.3) is 0 Å². The molecule has 4 nitrogen and oxygen atoms in total. The number of nitrogens with one attached hydrogen (secondary N) is 1. The van der Waals surface area contributed by atoms with Gasteiger partial charge in [-0.2, -0.15) is 0 Å². The van der Waals surface area contributed by atoms with Gasteiger partial charge in [-0.3, -0.25) is 0 Å². The number of hydrogen-bond acceptors (Lipinski definition) is 4. The summed E-state index contributed by atoms with van der Waals surface area (Å²) in [6.45, 7) is 6.71. The van der Waals surface area contributed by atoms with E-state index in [0.717, 1.165) is 36.6 Å². The van der Waals surface area contributed by atoms with Gasteiger partial charge in [-0.25, -0.2) is 0 Å². The third-order valence-electron chi connectivity index (χ3n) is 3.34. The number of hydrogen-bond donors (Lipinski definition) is 1. The lowest BCUT2D eigenvalue weighted by Gasteiger charge is -2.16. The predicted octanol–water partition coefficient (Wildman–Crippen LogP) is 3.77. The van der Waals surface area contributed by atoms with Gasteiger partial charge in [0.2, 0.25) is 5.75 Å². The lowest BCUT2D eigenvalue weighted by Crippen LogP contribution is -2.12. The molecule has 1 aromatic rings. The molecule has 1 rings (SSSR count). The minimum absolute atomic E-state index is 0.694. The van der Waals surface area contributed by atoms with E-state index >= 15 is 0 Å².